The van der Waals surface area contributed by atoms with Crippen molar-refractivity contribution in [2.45, 2.75) is 25.7 Å². The lowest BCUT2D eigenvalue weighted by molar-refractivity contribution is 0.488. The van der Waals surface area contributed by atoms with E-state index in [2.05, 4.69) is 30.3 Å². The Balaban J connectivity index is 1.50. The molecule has 2 aromatic heterocycles. The minimum Gasteiger partial charge on any atom is -0.354 e. The molecule has 1 saturated heterocycles. The third-order valence-corrected chi connectivity index (χ3v) is 4.52. The van der Waals surface area contributed by atoms with Crippen molar-refractivity contribution in [1.82, 2.24) is 25.4 Å². The Labute approximate surface area is 145 Å². The van der Waals surface area contributed by atoms with E-state index in [-0.39, 0.29) is 5.82 Å². The number of nitrogens with zero attached hydrogens (tertiary/aromatic N) is 5. The minimum atomic E-state index is -0.255. The first-order valence-electron chi connectivity index (χ1n) is 8.42. The molecule has 1 unspecified atom stereocenters. The highest BCUT2D eigenvalue weighted by Gasteiger charge is 2.25. The quantitative estimate of drug-likeness (QED) is 0.795. The summed E-state index contributed by atoms with van der Waals surface area (Å²) in [7, 11) is 0. The SMILES string of the molecule is Cc1nc(C2CCCN(c3ccc(-c4ccc(F)cc4)nn3)C2)n[nH]1. The lowest BCUT2D eigenvalue weighted by Gasteiger charge is -2.32. The van der Waals surface area contributed by atoms with E-state index in [9.17, 15) is 4.39 Å². The molecule has 1 N–H and O–H groups in total. The van der Waals surface area contributed by atoms with Gasteiger partial charge in [-0.15, -0.1) is 10.2 Å². The molecule has 3 aromatic rings. The van der Waals surface area contributed by atoms with Gasteiger partial charge in [0.15, 0.2) is 11.6 Å². The van der Waals surface area contributed by atoms with Crippen molar-refractivity contribution >= 4 is 5.82 Å². The van der Waals surface area contributed by atoms with Crippen molar-refractivity contribution in [1.29, 1.82) is 0 Å². The van der Waals surface area contributed by atoms with Crippen LogP contribution in [0.25, 0.3) is 11.3 Å². The van der Waals surface area contributed by atoms with Crippen LogP contribution in [0.4, 0.5) is 10.2 Å². The number of anilines is 1. The second-order valence-electron chi connectivity index (χ2n) is 6.35. The fourth-order valence-corrected chi connectivity index (χ4v) is 3.21. The predicted octanol–water partition coefficient (Wildman–Crippen LogP) is 3.09. The number of aryl methyl sites for hydroxylation is 1. The maximum Gasteiger partial charge on any atom is 0.155 e. The molecule has 1 aliphatic heterocycles. The fourth-order valence-electron chi connectivity index (χ4n) is 3.21. The van der Waals surface area contributed by atoms with E-state index in [1.807, 2.05) is 19.1 Å². The van der Waals surface area contributed by atoms with Crippen LogP contribution in [-0.2, 0) is 0 Å². The van der Waals surface area contributed by atoms with Crippen molar-refractivity contribution in [3.05, 3.63) is 53.9 Å². The second kappa shape index (κ2) is 6.58. The summed E-state index contributed by atoms with van der Waals surface area (Å²) in [6.45, 7) is 3.70. The van der Waals surface area contributed by atoms with Gasteiger partial charge in [-0.25, -0.2) is 9.37 Å². The Bertz CT molecular complexity index is 843. The zero-order chi connectivity index (χ0) is 17.2. The van der Waals surface area contributed by atoms with Gasteiger partial charge in [0, 0.05) is 24.6 Å². The third kappa shape index (κ3) is 3.35. The number of nitrogens with one attached hydrogen (secondary N) is 1. The molecule has 7 heteroatoms. The Hall–Kier alpha value is -2.83. The number of hydrogen-bond donors (Lipinski definition) is 1. The molecular formula is C18H19FN6. The molecule has 6 nitrogen and oxygen atoms in total. The monoisotopic (exact) mass is 338 g/mol. The van der Waals surface area contributed by atoms with Crippen LogP contribution in [-0.4, -0.2) is 38.5 Å². The number of benzene rings is 1. The zero-order valence-electron chi connectivity index (χ0n) is 14.0. The summed E-state index contributed by atoms with van der Waals surface area (Å²) in [5.41, 5.74) is 1.59. The molecule has 0 bridgehead atoms. The van der Waals surface area contributed by atoms with Crippen LogP contribution in [0.2, 0.25) is 0 Å². The number of piperidine rings is 1. The highest BCUT2D eigenvalue weighted by atomic mass is 19.1. The lowest BCUT2D eigenvalue weighted by atomic mass is 9.97. The number of H-pyrrole nitrogens is 1. The van der Waals surface area contributed by atoms with E-state index in [0.717, 1.165) is 54.7 Å². The Morgan fingerprint density at radius 1 is 1.12 bits per heavy atom. The number of rotatable bonds is 3. The first-order chi connectivity index (χ1) is 12.2. The van der Waals surface area contributed by atoms with E-state index in [0.29, 0.717) is 5.92 Å². The molecule has 1 aliphatic rings. The van der Waals surface area contributed by atoms with Crippen LogP contribution < -0.4 is 4.90 Å². The number of aromatic amines is 1. The highest BCUT2D eigenvalue weighted by Crippen LogP contribution is 2.27. The van der Waals surface area contributed by atoms with Gasteiger partial charge in [-0.1, -0.05) is 0 Å². The molecule has 128 valence electrons. The van der Waals surface area contributed by atoms with Gasteiger partial charge in [0.25, 0.3) is 0 Å². The number of aromatic nitrogens is 5. The summed E-state index contributed by atoms with van der Waals surface area (Å²) in [6.07, 6.45) is 2.15. The molecule has 0 spiro atoms. The smallest absolute Gasteiger partial charge is 0.155 e. The standard InChI is InChI=1S/C18H19FN6/c1-12-20-18(24-21-12)14-3-2-10-25(11-14)17-9-8-16(22-23-17)13-4-6-15(19)7-5-13/h4-9,14H,2-3,10-11H2,1H3,(H,20,21,24). The van der Waals surface area contributed by atoms with Gasteiger partial charge in [-0.2, -0.15) is 5.10 Å². The van der Waals surface area contributed by atoms with Crippen LogP contribution in [0.1, 0.15) is 30.4 Å². The maximum absolute atomic E-state index is 13.0. The Kier molecular flexibility index (Phi) is 4.13. The van der Waals surface area contributed by atoms with E-state index in [1.54, 1.807) is 12.1 Å². The van der Waals surface area contributed by atoms with Gasteiger partial charge in [0.2, 0.25) is 0 Å². The number of hydrogen-bond acceptors (Lipinski definition) is 5. The summed E-state index contributed by atoms with van der Waals surface area (Å²) in [5.74, 6) is 2.61. The molecule has 3 heterocycles. The van der Waals surface area contributed by atoms with Crippen molar-refractivity contribution in [3.8, 4) is 11.3 Å². The van der Waals surface area contributed by atoms with Gasteiger partial charge in [-0.3, -0.25) is 5.10 Å². The molecule has 0 saturated carbocycles. The van der Waals surface area contributed by atoms with Gasteiger partial charge >= 0.3 is 0 Å². The van der Waals surface area contributed by atoms with Gasteiger partial charge in [-0.05, 0) is 56.2 Å². The van der Waals surface area contributed by atoms with Crippen LogP contribution in [0.5, 0.6) is 0 Å². The predicted molar refractivity (Wildman–Crippen MR) is 92.7 cm³/mol. The maximum atomic E-state index is 13.0. The molecule has 0 aliphatic carbocycles. The summed E-state index contributed by atoms with van der Waals surface area (Å²) >= 11 is 0. The first kappa shape index (κ1) is 15.7. The summed E-state index contributed by atoms with van der Waals surface area (Å²) in [5, 5.41) is 15.9. The molecule has 1 fully saturated rings. The molecule has 0 radical (unpaired) electrons. The van der Waals surface area contributed by atoms with Crippen LogP contribution in [0, 0.1) is 12.7 Å². The molecule has 0 amide bonds. The van der Waals surface area contributed by atoms with Crippen molar-refractivity contribution in [3.63, 3.8) is 0 Å². The first-order valence-corrected chi connectivity index (χ1v) is 8.42. The van der Waals surface area contributed by atoms with Gasteiger partial charge in [0.1, 0.15) is 11.6 Å². The number of halogens is 1. The Morgan fingerprint density at radius 3 is 2.64 bits per heavy atom. The molecule has 1 atom stereocenters. The van der Waals surface area contributed by atoms with E-state index in [4.69, 9.17) is 0 Å². The summed E-state index contributed by atoms with van der Waals surface area (Å²) in [4.78, 5) is 6.69. The van der Waals surface area contributed by atoms with Crippen LogP contribution in [0.3, 0.4) is 0 Å². The van der Waals surface area contributed by atoms with Crippen LogP contribution >= 0.6 is 0 Å². The van der Waals surface area contributed by atoms with Gasteiger partial charge in [0.05, 0.1) is 5.69 Å². The molecule has 1 aromatic carbocycles. The summed E-state index contributed by atoms with van der Waals surface area (Å²) in [6, 6.07) is 10.2. The molecular weight excluding hydrogens is 319 g/mol. The van der Waals surface area contributed by atoms with Crippen molar-refractivity contribution < 1.29 is 4.39 Å². The normalized spacial score (nSPS) is 17.7. The minimum absolute atomic E-state index is 0.255. The zero-order valence-corrected chi connectivity index (χ0v) is 14.0. The highest BCUT2D eigenvalue weighted by molar-refractivity contribution is 5.59. The average molecular weight is 338 g/mol. The lowest BCUT2D eigenvalue weighted by Crippen LogP contribution is -2.35. The average Bonchev–Trinajstić information content (AvgIpc) is 3.09. The fraction of sp³-hybridized carbons (Fsp3) is 0.333. The topological polar surface area (TPSA) is 70.6 Å². The molecule has 25 heavy (non-hydrogen) atoms. The summed E-state index contributed by atoms with van der Waals surface area (Å²) < 4.78 is 13.0. The van der Waals surface area contributed by atoms with E-state index >= 15 is 0 Å². The Morgan fingerprint density at radius 2 is 1.96 bits per heavy atom. The van der Waals surface area contributed by atoms with Crippen LogP contribution in [0.15, 0.2) is 36.4 Å². The van der Waals surface area contributed by atoms with E-state index < -0.39 is 0 Å². The van der Waals surface area contributed by atoms with Crippen molar-refractivity contribution in [2.75, 3.05) is 18.0 Å². The van der Waals surface area contributed by atoms with E-state index in [1.165, 1.54) is 12.1 Å². The molecule has 4 rings (SSSR count). The van der Waals surface area contributed by atoms with Gasteiger partial charge < -0.3 is 4.90 Å². The second-order valence-corrected chi connectivity index (χ2v) is 6.35. The third-order valence-electron chi connectivity index (χ3n) is 4.52. The largest absolute Gasteiger partial charge is 0.354 e. The van der Waals surface area contributed by atoms with Crippen molar-refractivity contribution in [2.24, 2.45) is 0 Å².